The van der Waals surface area contributed by atoms with Crippen LogP contribution in [-0.2, 0) is 6.42 Å². The van der Waals surface area contributed by atoms with Crippen molar-refractivity contribution in [3.8, 4) is 5.75 Å². The second-order valence-electron chi connectivity index (χ2n) is 5.47. The highest BCUT2D eigenvalue weighted by atomic mass is 16.5. The first-order chi connectivity index (χ1) is 9.51. The minimum absolute atomic E-state index is 0.00926. The van der Waals surface area contributed by atoms with Crippen molar-refractivity contribution in [1.82, 2.24) is 0 Å². The van der Waals surface area contributed by atoms with Crippen LogP contribution in [0.4, 0.5) is 0 Å². The van der Waals surface area contributed by atoms with Crippen molar-refractivity contribution < 1.29 is 4.74 Å². The van der Waals surface area contributed by atoms with E-state index >= 15 is 0 Å². The van der Waals surface area contributed by atoms with Crippen LogP contribution in [0.25, 0.3) is 0 Å². The van der Waals surface area contributed by atoms with Crippen LogP contribution in [0, 0.1) is 20.8 Å². The fraction of sp³-hybridized carbons (Fsp3) is 0.333. The lowest BCUT2D eigenvalue weighted by Crippen LogP contribution is -2.14. The molecule has 2 heteroatoms. The standard InChI is InChI=1S/C18H23NO/c1-12-5-6-13(2)16(9-12)10-17(19)15-8-7-14(3)18(11-15)20-4/h5-9,11,17H,10,19H2,1-4H3. The molecule has 20 heavy (non-hydrogen) atoms. The number of hydrogen-bond donors (Lipinski definition) is 1. The minimum atomic E-state index is -0.00926. The highest BCUT2D eigenvalue weighted by molar-refractivity contribution is 5.39. The SMILES string of the molecule is COc1cc(C(N)Cc2cc(C)ccc2C)ccc1C. The number of benzene rings is 2. The van der Waals surface area contributed by atoms with Crippen LogP contribution in [0.2, 0.25) is 0 Å². The second kappa shape index (κ2) is 6.10. The summed E-state index contributed by atoms with van der Waals surface area (Å²) in [6.07, 6.45) is 0.847. The summed E-state index contributed by atoms with van der Waals surface area (Å²) < 4.78 is 5.37. The molecular weight excluding hydrogens is 246 g/mol. The highest BCUT2D eigenvalue weighted by Crippen LogP contribution is 2.25. The van der Waals surface area contributed by atoms with Gasteiger partial charge >= 0.3 is 0 Å². The maximum atomic E-state index is 6.36. The molecule has 2 aromatic carbocycles. The van der Waals surface area contributed by atoms with Crippen molar-refractivity contribution in [1.29, 1.82) is 0 Å². The first kappa shape index (κ1) is 14.6. The van der Waals surface area contributed by atoms with Gasteiger partial charge in [0.2, 0.25) is 0 Å². The van der Waals surface area contributed by atoms with Crippen molar-refractivity contribution in [2.45, 2.75) is 33.2 Å². The number of methoxy groups -OCH3 is 1. The Morgan fingerprint density at radius 2 is 1.70 bits per heavy atom. The monoisotopic (exact) mass is 269 g/mol. The predicted octanol–water partition coefficient (Wildman–Crippen LogP) is 3.86. The number of ether oxygens (including phenoxy) is 1. The molecule has 0 amide bonds. The van der Waals surface area contributed by atoms with E-state index in [0.29, 0.717) is 0 Å². The third kappa shape index (κ3) is 3.20. The maximum absolute atomic E-state index is 6.36. The Morgan fingerprint density at radius 3 is 2.40 bits per heavy atom. The fourth-order valence-electron chi connectivity index (χ4n) is 2.44. The molecule has 1 unspecified atom stereocenters. The molecule has 0 aliphatic heterocycles. The summed E-state index contributed by atoms with van der Waals surface area (Å²) in [6.45, 7) is 6.29. The van der Waals surface area contributed by atoms with E-state index in [2.05, 4.69) is 44.2 Å². The Kier molecular flexibility index (Phi) is 4.46. The molecule has 2 N–H and O–H groups in total. The molecule has 0 radical (unpaired) electrons. The van der Waals surface area contributed by atoms with Gasteiger partial charge in [0.25, 0.3) is 0 Å². The Balaban J connectivity index is 2.23. The van der Waals surface area contributed by atoms with E-state index < -0.39 is 0 Å². The van der Waals surface area contributed by atoms with Crippen molar-refractivity contribution in [3.63, 3.8) is 0 Å². The molecule has 1 atom stereocenters. The van der Waals surface area contributed by atoms with Crippen LogP contribution in [0.5, 0.6) is 5.75 Å². The molecule has 0 spiro atoms. The number of hydrogen-bond acceptors (Lipinski definition) is 2. The predicted molar refractivity (Wildman–Crippen MR) is 84.3 cm³/mol. The zero-order chi connectivity index (χ0) is 14.7. The topological polar surface area (TPSA) is 35.2 Å². The Hall–Kier alpha value is -1.80. The van der Waals surface area contributed by atoms with E-state index in [1.54, 1.807) is 7.11 Å². The molecule has 2 aromatic rings. The minimum Gasteiger partial charge on any atom is -0.496 e. The first-order valence-electron chi connectivity index (χ1n) is 6.97. The van der Waals surface area contributed by atoms with E-state index in [9.17, 15) is 0 Å². The van der Waals surface area contributed by atoms with Gasteiger partial charge in [-0.15, -0.1) is 0 Å². The van der Waals surface area contributed by atoms with Gasteiger partial charge in [-0.1, -0.05) is 35.9 Å². The normalized spacial score (nSPS) is 12.2. The summed E-state index contributed by atoms with van der Waals surface area (Å²) in [5, 5.41) is 0. The maximum Gasteiger partial charge on any atom is 0.122 e. The van der Waals surface area contributed by atoms with Crippen molar-refractivity contribution >= 4 is 0 Å². The summed E-state index contributed by atoms with van der Waals surface area (Å²) >= 11 is 0. The summed E-state index contributed by atoms with van der Waals surface area (Å²) in [4.78, 5) is 0. The summed E-state index contributed by atoms with van der Waals surface area (Å²) in [5.74, 6) is 0.902. The molecule has 0 saturated heterocycles. The molecule has 0 aliphatic rings. The van der Waals surface area contributed by atoms with Gasteiger partial charge in [0.1, 0.15) is 5.75 Å². The van der Waals surface area contributed by atoms with Crippen LogP contribution >= 0.6 is 0 Å². The van der Waals surface area contributed by atoms with Crippen molar-refractivity contribution in [2.24, 2.45) is 5.73 Å². The van der Waals surface area contributed by atoms with E-state index in [1.807, 2.05) is 13.0 Å². The molecule has 0 aromatic heterocycles. The van der Waals surface area contributed by atoms with Crippen LogP contribution in [0.1, 0.15) is 33.9 Å². The average Bonchev–Trinajstić information content (AvgIpc) is 2.43. The van der Waals surface area contributed by atoms with Gasteiger partial charge in [0, 0.05) is 6.04 Å². The summed E-state index contributed by atoms with van der Waals surface area (Å²) in [5.41, 5.74) is 12.5. The average molecular weight is 269 g/mol. The van der Waals surface area contributed by atoms with Crippen LogP contribution in [0.3, 0.4) is 0 Å². The van der Waals surface area contributed by atoms with Crippen molar-refractivity contribution in [3.05, 3.63) is 64.2 Å². The van der Waals surface area contributed by atoms with Crippen molar-refractivity contribution in [2.75, 3.05) is 7.11 Å². The highest BCUT2D eigenvalue weighted by Gasteiger charge is 2.11. The third-order valence-electron chi connectivity index (χ3n) is 3.80. The van der Waals surface area contributed by atoms with Gasteiger partial charge < -0.3 is 10.5 Å². The molecule has 0 heterocycles. The van der Waals surface area contributed by atoms with E-state index in [0.717, 1.165) is 23.3 Å². The molecule has 2 rings (SSSR count). The summed E-state index contributed by atoms with van der Waals surface area (Å²) in [6, 6.07) is 12.7. The Bertz CT molecular complexity index is 604. The van der Waals surface area contributed by atoms with Crippen LogP contribution in [0.15, 0.2) is 36.4 Å². The van der Waals surface area contributed by atoms with Gasteiger partial charge in [-0.05, 0) is 55.5 Å². The number of aryl methyl sites for hydroxylation is 3. The number of rotatable bonds is 4. The second-order valence-corrected chi connectivity index (χ2v) is 5.47. The van der Waals surface area contributed by atoms with E-state index in [4.69, 9.17) is 10.5 Å². The lowest BCUT2D eigenvalue weighted by molar-refractivity contribution is 0.410. The smallest absolute Gasteiger partial charge is 0.122 e. The van der Waals surface area contributed by atoms with Gasteiger partial charge in [0.05, 0.1) is 7.11 Å². The quantitative estimate of drug-likeness (QED) is 0.914. The zero-order valence-electron chi connectivity index (χ0n) is 12.7. The van der Waals surface area contributed by atoms with Gasteiger partial charge in [-0.2, -0.15) is 0 Å². The van der Waals surface area contributed by atoms with Crippen LogP contribution in [-0.4, -0.2) is 7.11 Å². The van der Waals surface area contributed by atoms with E-state index in [-0.39, 0.29) is 6.04 Å². The summed E-state index contributed by atoms with van der Waals surface area (Å²) in [7, 11) is 1.70. The Labute approximate surface area is 121 Å². The van der Waals surface area contributed by atoms with Crippen LogP contribution < -0.4 is 10.5 Å². The Morgan fingerprint density at radius 1 is 1.00 bits per heavy atom. The van der Waals surface area contributed by atoms with Gasteiger partial charge in [-0.3, -0.25) is 0 Å². The molecule has 2 nitrogen and oxygen atoms in total. The molecule has 106 valence electrons. The van der Waals surface area contributed by atoms with Gasteiger partial charge in [-0.25, -0.2) is 0 Å². The van der Waals surface area contributed by atoms with Gasteiger partial charge in [0.15, 0.2) is 0 Å². The fourth-order valence-corrected chi connectivity index (χ4v) is 2.44. The molecule has 0 bridgehead atoms. The lowest BCUT2D eigenvalue weighted by atomic mass is 9.95. The molecular formula is C18H23NO. The lowest BCUT2D eigenvalue weighted by Gasteiger charge is -2.16. The molecule has 0 fully saturated rings. The molecule has 0 aliphatic carbocycles. The molecule has 0 saturated carbocycles. The zero-order valence-corrected chi connectivity index (χ0v) is 12.7. The van der Waals surface area contributed by atoms with E-state index in [1.165, 1.54) is 16.7 Å². The third-order valence-corrected chi connectivity index (χ3v) is 3.80. The first-order valence-corrected chi connectivity index (χ1v) is 6.97. The largest absolute Gasteiger partial charge is 0.496 e. The number of nitrogens with two attached hydrogens (primary N) is 1.